The molecule has 0 saturated heterocycles. The summed E-state index contributed by atoms with van der Waals surface area (Å²) in [6.07, 6.45) is 4.40. The molecule has 2 aliphatic heterocycles. The fourth-order valence-electron chi connectivity index (χ4n) is 0.591. The van der Waals surface area contributed by atoms with Gasteiger partial charge in [0.1, 0.15) is 0 Å². The van der Waals surface area contributed by atoms with Crippen LogP contribution >= 0.6 is 30.1 Å². The van der Waals surface area contributed by atoms with Crippen LogP contribution in [0, 0.1) is 0 Å². The van der Waals surface area contributed by atoms with E-state index in [-0.39, 0.29) is 0 Å². The van der Waals surface area contributed by atoms with Gasteiger partial charge in [0.25, 0.3) is 0 Å². The minimum absolute atomic E-state index is 0.460. The molecule has 0 aliphatic carbocycles. The second-order valence-electron chi connectivity index (χ2n) is 1.44. The van der Waals surface area contributed by atoms with Crippen LogP contribution in [-0.4, -0.2) is 4.86 Å². The molecule has 2 heterocycles. The van der Waals surface area contributed by atoms with Crippen LogP contribution < -0.4 is 0 Å². The van der Waals surface area contributed by atoms with Gasteiger partial charge in [0, 0.05) is 4.86 Å². The highest BCUT2D eigenvalue weighted by Crippen LogP contribution is 2.52. The summed E-state index contributed by atoms with van der Waals surface area (Å²) in [5, 5.41) is 4.35. The van der Waals surface area contributed by atoms with Gasteiger partial charge in [-0.15, -0.1) is 0 Å². The van der Waals surface area contributed by atoms with Gasteiger partial charge in [0.05, 0.1) is 0 Å². The zero-order valence-corrected chi connectivity index (χ0v) is 6.48. The van der Waals surface area contributed by atoms with Crippen molar-refractivity contribution >= 4 is 35.0 Å². The Morgan fingerprint density at radius 3 is 2.25 bits per heavy atom. The first-order chi connectivity index (χ1) is 3.97. The standard InChI is InChI=1S/C5H4S3/c1-3-6-8-5(1)2-4-7-8/h1-4H. The Kier molecular flexibility index (Phi) is 1.28. The molecule has 0 unspecified atom stereocenters. The average molecular weight is 160 g/mol. The molecule has 0 saturated carbocycles. The van der Waals surface area contributed by atoms with Crippen LogP contribution in [0.2, 0.25) is 0 Å². The van der Waals surface area contributed by atoms with E-state index < -0.39 is 0 Å². The van der Waals surface area contributed by atoms with Gasteiger partial charge in [-0.25, -0.2) is 0 Å². The van der Waals surface area contributed by atoms with Crippen LogP contribution in [0.4, 0.5) is 0 Å². The highest BCUT2D eigenvalue weighted by molar-refractivity contribution is 9.17. The smallest absolute Gasteiger partial charge is 0.0196 e. The SMILES string of the molecule is C1=CC2=S(S1)SC=C2. The molecule has 8 heavy (non-hydrogen) atoms. The molecule has 0 N–H and O–H groups in total. The fraction of sp³-hybridized carbons (Fsp3) is 0. The summed E-state index contributed by atoms with van der Waals surface area (Å²) in [6.45, 7) is 0. The Bertz CT molecular complexity index is 180. The second-order valence-corrected chi connectivity index (χ2v) is 7.09. The van der Waals surface area contributed by atoms with E-state index in [1.807, 2.05) is 21.6 Å². The molecule has 0 bridgehead atoms. The quantitative estimate of drug-likeness (QED) is 0.395. The summed E-state index contributed by atoms with van der Waals surface area (Å²) in [4.78, 5) is 1.50. The fourth-order valence-corrected chi connectivity index (χ4v) is 5.63. The van der Waals surface area contributed by atoms with Crippen molar-refractivity contribution in [2.24, 2.45) is 0 Å². The van der Waals surface area contributed by atoms with Gasteiger partial charge in [-0.2, -0.15) is 0 Å². The predicted molar refractivity (Wildman–Crippen MR) is 46.1 cm³/mol. The van der Waals surface area contributed by atoms with Crippen molar-refractivity contribution in [2.45, 2.75) is 0 Å². The monoisotopic (exact) mass is 160 g/mol. The van der Waals surface area contributed by atoms with E-state index in [2.05, 4.69) is 23.0 Å². The van der Waals surface area contributed by atoms with Crippen LogP contribution in [0.3, 0.4) is 0 Å². The molecule has 42 valence electrons. The molecule has 0 fully saturated rings. The van der Waals surface area contributed by atoms with E-state index in [4.69, 9.17) is 0 Å². The van der Waals surface area contributed by atoms with Gasteiger partial charge in [-0.3, -0.25) is 0 Å². The summed E-state index contributed by atoms with van der Waals surface area (Å²) in [7, 11) is 4.31. The largest absolute Gasteiger partial charge is 0.0605 e. The third kappa shape index (κ3) is 0.694. The van der Waals surface area contributed by atoms with E-state index in [1.54, 1.807) is 0 Å². The molecule has 0 aromatic rings. The predicted octanol–water partition coefficient (Wildman–Crippen LogP) is 2.78. The molecule has 0 nitrogen and oxygen atoms in total. The molecule has 2 aliphatic rings. The van der Waals surface area contributed by atoms with Gasteiger partial charge in [-0.1, -0.05) is 30.1 Å². The first-order valence-electron chi connectivity index (χ1n) is 2.25. The lowest BCUT2D eigenvalue weighted by Gasteiger charge is -1.89. The van der Waals surface area contributed by atoms with Gasteiger partial charge in [-0.05, 0) is 23.0 Å². The Balaban J connectivity index is 2.43. The summed E-state index contributed by atoms with van der Waals surface area (Å²) in [5.74, 6) is 0. The van der Waals surface area contributed by atoms with Crippen molar-refractivity contribution in [2.75, 3.05) is 0 Å². The van der Waals surface area contributed by atoms with E-state index in [9.17, 15) is 0 Å². The van der Waals surface area contributed by atoms with Crippen LogP contribution in [0.5, 0.6) is 0 Å². The maximum Gasteiger partial charge on any atom is 0.0196 e. The zero-order chi connectivity index (χ0) is 5.40. The molecule has 0 atom stereocenters. The molecule has 0 amide bonds. The van der Waals surface area contributed by atoms with Crippen molar-refractivity contribution in [1.29, 1.82) is 0 Å². The Hall–Kier alpha value is 0.400. The third-order valence-electron chi connectivity index (χ3n) is 0.943. The lowest BCUT2D eigenvalue weighted by Crippen LogP contribution is -1.73. The van der Waals surface area contributed by atoms with E-state index in [1.165, 1.54) is 4.86 Å². The Morgan fingerprint density at radius 1 is 1.12 bits per heavy atom. The number of allylic oxidation sites excluding steroid dienone is 2. The van der Waals surface area contributed by atoms with Gasteiger partial charge in [0.15, 0.2) is 0 Å². The van der Waals surface area contributed by atoms with Crippen molar-refractivity contribution in [3.63, 3.8) is 0 Å². The summed E-state index contributed by atoms with van der Waals surface area (Å²) < 4.78 is 0. The maximum atomic E-state index is 2.20. The molecule has 0 aromatic carbocycles. The third-order valence-corrected chi connectivity index (χ3v) is 6.73. The number of hydrogen-bond donors (Lipinski definition) is 0. The maximum absolute atomic E-state index is 2.20. The molecular weight excluding hydrogens is 156 g/mol. The van der Waals surface area contributed by atoms with Gasteiger partial charge >= 0.3 is 0 Å². The second kappa shape index (κ2) is 1.97. The molecule has 0 spiro atoms. The molecule has 0 radical (unpaired) electrons. The van der Waals surface area contributed by atoms with E-state index in [0.717, 1.165) is 0 Å². The van der Waals surface area contributed by atoms with Gasteiger partial charge < -0.3 is 0 Å². The Morgan fingerprint density at radius 2 is 1.75 bits per heavy atom. The van der Waals surface area contributed by atoms with Crippen LogP contribution in [0.15, 0.2) is 23.0 Å². The van der Waals surface area contributed by atoms with Crippen LogP contribution in [-0.2, 0) is 0 Å². The van der Waals surface area contributed by atoms with E-state index >= 15 is 0 Å². The summed E-state index contributed by atoms with van der Waals surface area (Å²) in [6, 6.07) is 0. The first kappa shape index (κ1) is 5.21. The normalized spacial score (nSPS) is 25.2. The van der Waals surface area contributed by atoms with Gasteiger partial charge in [0.2, 0.25) is 0 Å². The summed E-state index contributed by atoms with van der Waals surface area (Å²) >= 11 is 0. The highest BCUT2D eigenvalue weighted by atomic mass is 33.5. The lowest BCUT2D eigenvalue weighted by molar-refractivity contribution is 2.29. The lowest BCUT2D eigenvalue weighted by atomic mass is 10.4. The Labute approximate surface area is 58.1 Å². The van der Waals surface area contributed by atoms with E-state index in [0.29, 0.717) is 8.55 Å². The van der Waals surface area contributed by atoms with Crippen molar-refractivity contribution in [3.8, 4) is 0 Å². The van der Waals surface area contributed by atoms with Crippen LogP contribution in [0.1, 0.15) is 0 Å². The zero-order valence-electron chi connectivity index (χ0n) is 4.03. The first-order valence-corrected chi connectivity index (χ1v) is 6.27. The minimum Gasteiger partial charge on any atom is -0.0605 e. The average Bonchev–Trinajstić information content (AvgIpc) is 2.15. The van der Waals surface area contributed by atoms with Crippen molar-refractivity contribution in [3.05, 3.63) is 23.0 Å². The minimum atomic E-state index is 0.460. The summed E-state index contributed by atoms with van der Waals surface area (Å²) in [5.41, 5.74) is 0. The number of rotatable bonds is 0. The molecule has 0 aromatic heterocycles. The topological polar surface area (TPSA) is 0 Å². The number of hydrogen-bond acceptors (Lipinski definition) is 2. The van der Waals surface area contributed by atoms with Crippen LogP contribution in [0.25, 0.3) is 0 Å². The molecule has 2 rings (SSSR count). The molecular formula is C5H4S3. The van der Waals surface area contributed by atoms with Crippen molar-refractivity contribution in [1.82, 2.24) is 0 Å². The highest BCUT2D eigenvalue weighted by Gasteiger charge is 2.09. The van der Waals surface area contributed by atoms with Crippen molar-refractivity contribution < 1.29 is 0 Å². The molecule has 3 heteroatoms.